The standard InChI is InChI=1S/C21H23ClN2O3S/c22-18-10-8-16(14-20(18)28(26,27)24-12-4-1-5-13-24)21(25)23-19-11-9-15-6-2-3-7-17(15)19/h2-3,6-8,10,14,19H,1,4-5,9,11-13H2,(H,23,25). The third-order valence-electron chi connectivity index (χ3n) is 5.56. The van der Waals surface area contributed by atoms with Crippen molar-refractivity contribution in [1.29, 1.82) is 0 Å². The number of fused-ring (bicyclic) bond motifs is 1. The molecule has 148 valence electrons. The molecule has 2 aliphatic rings. The first-order valence-electron chi connectivity index (χ1n) is 9.65. The lowest BCUT2D eigenvalue weighted by Gasteiger charge is -2.26. The monoisotopic (exact) mass is 418 g/mol. The zero-order valence-electron chi connectivity index (χ0n) is 15.5. The van der Waals surface area contributed by atoms with Crippen molar-refractivity contribution in [2.24, 2.45) is 0 Å². The van der Waals surface area contributed by atoms with Crippen molar-refractivity contribution in [1.82, 2.24) is 9.62 Å². The molecule has 1 atom stereocenters. The lowest BCUT2D eigenvalue weighted by molar-refractivity contribution is 0.0936. The second-order valence-corrected chi connectivity index (χ2v) is 9.69. The fourth-order valence-electron chi connectivity index (χ4n) is 4.04. The average Bonchev–Trinajstić information content (AvgIpc) is 3.12. The van der Waals surface area contributed by atoms with E-state index in [1.165, 1.54) is 22.0 Å². The van der Waals surface area contributed by atoms with Gasteiger partial charge in [0.2, 0.25) is 10.0 Å². The minimum Gasteiger partial charge on any atom is -0.345 e. The van der Waals surface area contributed by atoms with Crippen LogP contribution in [0.1, 0.15) is 53.2 Å². The molecule has 5 nitrogen and oxygen atoms in total. The summed E-state index contributed by atoms with van der Waals surface area (Å²) >= 11 is 6.20. The third-order valence-corrected chi connectivity index (χ3v) is 7.94. The highest BCUT2D eigenvalue weighted by molar-refractivity contribution is 7.89. The topological polar surface area (TPSA) is 66.5 Å². The van der Waals surface area contributed by atoms with Crippen molar-refractivity contribution in [3.8, 4) is 0 Å². The normalized spacial score (nSPS) is 20.0. The number of benzene rings is 2. The molecule has 0 saturated carbocycles. The van der Waals surface area contributed by atoms with E-state index >= 15 is 0 Å². The van der Waals surface area contributed by atoms with Crippen molar-refractivity contribution in [3.05, 3.63) is 64.2 Å². The molecule has 1 saturated heterocycles. The first-order valence-corrected chi connectivity index (χ1v) is 11.5. The average molecular weight is 419 g/mol. The van der Waals surface area contributed by atoms with Crippen molar-refractivity contribution >= 4 is 27.5 Å². The van der Waals surface area contributed by atoms with E-state index in [0.717, 1.165) is 37.7 Å². The van der Waals surface area contributed by atoms with E-state index in [1.807, 2.05) is 18.2 Å². The quantitative estimate of drug-likeness (QED) is 0.817. The third kappa shape index (κ3) is 3.69. The minimum atomic E-state index is -3.70. The molecule has 1 N–H and O–H groups in total. The van der Waals surface area contributed by atoms with Gasteiger partial charge in [-0.05, 0) is 55.0 Å². The van der Waals surface area contributed by atoms with Gasteiger partial charge in [-0.1, -0.05) is 42.3 Å². The van der Waals surface area contributed by atoms with Crippen LogP contribution in [0.2, 0.25) is 5.02 Å². The van der Waals surface area contributed by atoms with Crippen LogP contribution in [0, 0.1) is 0 Å². The number of halogens is 1. The van der Waals surface area contributed by atoms with E-state index in [9.17, 15) is 13.2 Å². The summed E-state index contributed by atoms with van der Waals surface area (Å²) in [6.07, 6.45) is 4.50. The number of sulfonamides is 1. The predicted molar refractivity (Wildman–Crippen MR) is 109 cm³/mol. The summed E-state index contributed by atoms with van der Waals surface area (Å²) in [5.41, 5.74) is 2.69. The van der Waals surface area contributed by atoms with E-state index in [0.29, 0.717) is 18.7 Å². The van der Waals surface area contributed by atoms with Crippen LogP contribution in [0.4, 0.5) is 0 Å². The Labute approximate surface area is 170 Å². The van der Waals surface area contributed by atoms with E-state index in [4.69, 9.17) is 11.6 Å². The highest BCUT2D eigenvalue weighted by Gasteiger charge is 2.29. The molecule has 0 radical (unpaired) electrons. The lowest BCUT2D eigenvalue weighted by Crippen LogP contribution is -2.36. The number of nitrogens with zero attached hydrogens (tertiary/aromatic N) is 1. The SMILES string of the molecule is O=C(NC1CCc2ccccc21)c1ccc(Cl)c(S(=O)(=O)N2CCCCC2)c1. The summed E-state index contributed by atoms with van der Waals surface area (Å²) in [5.74, 6) is -0.284. The van der Waals surface area contributed by atoms with Crippen molar-refractivity contribution in [2.75, 3.05) is 13.1 Å². The molecule has 1 heterocycles. The van der Waals surface area contributed by atoms with Gasteiger partial charge in [-0.25, -0.2) is 8.42 Å². The maximum atomic E-state index is 13.0. The molecule has 0 spiro atoms. The molecule has 28 heavy (non-hydrogen) atoms. The molecule has 0 bridgehead atoms. The fraction of sp³-hybridized carbons (Fsp3) is 0.381. The molecule has 1 amide bonds. The number of carbonyl (C=O) groups is 1. The van der Waals surface area contributed by atoms with Gasteiger partial charge in [0.25, 0.3) is 5.91 Å². The number of amides is 1. The highest BCUT2D eigenvalue weighted by Crippen LogP contribution is 2.32. The van der Waals surface area contributed by atoms with Gasteiger partial charge in [-0.3, -0.25) is 4.79 Å². The highest BCUT2D eigenvalue weighted by atomic mass is 35.5. The summed E-state index contributed by atoms with van der Waals surface area (Å²) in [4.78, 5) is 12.8. The van der Waals surface area contributed by atoms with Crippen LogP contribution in [0.25, 0.3) is 0 Å². The zero-order valence-corrected chi connectivity index (χ0v) is 17.1. The van der Waals surface area contributed by atoms with Crippen LogP contribution >= 0.6 is 11.6 Å². The van der Waals surface area contributed by atoms with E-state index in [1.54, 1.807) is 6.07 Å². The molecule has 1 fully saturated rings. The molecular formula is C21H23ClN2O3S. The summed E-state index contributed by atoms with van der Waals surface area (Å²) in [6.45, 7) is 0.988. The van der Waals surface area contributed by atoms with Crippen molar-refractivity contribution < 1.29 is 13.2 Å². The lowest BCUT2D eigenvalue weighted by atomic mass is 10.1. The van der Waals surface area contributed by atoms with Crippen molar-refractivity contribution in [3.63, 3.8) is 0 Å². The maximum absolute atomic E-state index is 13.0. The van der Waals surface area contributed by atoms with E-state index in [-0.39, 0.29) is 21.9 Å². The van der Waals surface area contributed by atoms with Crippen LogP contribution in [0.15, 0.2) is 47.4 Å². The molecule has 4 rings (SSSR count). The first-order chi connectivity index (χ1) is 13.5. The number of piperidine rings is 1. The molecule has 1 aliphatic heterocycles. The number of nitrogens with one attached hydrogen (secondary N) is 1. The summed E-state index contributed by atoms with van der Waals surface area (Å²) in [5, 5.41) is 3.19. The van der Waals surface area contributed by atoms with Gasteiger partial charge in [0.05, 0.1) is 11.1 Å². The van der Waals surface area contributed by atoms with Crippen LogP contribution in [0.3, 0.4) is 0 Å². The summed E-state index contributed by atoms with van der Waals surface area (Å²) in [7, 11) is -3.70. The minimum absolute atomic E-state index is 0.00976. The Hall–Kier alpha value is -1.89. The molecular weight excluding hydrogens is 396 g/mol. The smallest absolute Gasteiger partial charge is 0.251 e. The zero-order chi connectivity index (χ0) is 19.7. The Balaban J connectivity index is 1.58. The Morgan fingerprint density at radius 1 is 1.07 bits per heavy atom. The Bertz CT molecular complexity index is 1000. The van der Waals surface area contributed by atoms with Gasteiger partial charge in [-0.2, -0.15) is 4.31 Å². The van der Waals surface area contributed by atoms with E-state index < -0.39 is 10.0 Å². The Kier molecular flexibility index (Phi) is 5.45. The van der Waals surface area contributed by atoms with Crippen molar-refractivity contribution in [2.45, 2.75) is 43.0 Å². The van der Waals surface area contributed by atoms with Crippen LogP contribution < -0.4 is 5.32 Å². The van der Waals surface area contributed by atoms with Gasteiger partial charge in [0.15, 0.2) is 0 Å². The molecule has 1 unspecified atom stereocenters. The molecule has 7 heteroatoms. The second kappa shape index (κ2) is 7.85. The van der Waals surface area contributed by atoms with Crippen LogP contribution in [-0.2, 0) is 16.4 Å². The van der Waals surface area contributed by atoms with Gasteiger partial charge < -0.3 is 5.32 Å². The molecule has 2 aromatic carbocycles. The molecule has 1 aliphatic carbocycles. The number of hydrogen-bond acceptors (Lipinski definition) is 3. The van der Waals surface area contributed by atoms with Gasteiger partial charge in [0.1, 0.15) is 4.90 Å². The summed E-state index contributed by atoms with van der Waals surface area (Å²) in [6, 6.07) is 12.5. The number of aryl methyl sites for hydroxylation is 1. The number of rotatable bonds is 4. The molecule has 0 aromatic heterocycles. The fourth-order valence-corrected chi connectivity index (χ4v) is 6.05. The van der Waals surface area contributed by atoms with Gasteiger partial charge >= 0.3 is 0 Å². The second-order valence-electron chi connectivity index (χ2n) is 7.37. The Morgan fingerprint density at radius 3 is 2.61 bits per heavy atom. The first kappa shape index (κ1) is 19.4. The number of carbonyl (C=O) groups excluding carboxylic acids is 1. The summed E-state index contributed by atoms with van der Waals surface area (Å²) < 4.78 is 27.5. The largest absolute Gasteiger partial charge is 0.345 e. The maximum Gasteiger partial charge on any atom is 0.251 e. The van der Waals surface area contributed by atoms with Crippen LogP contribution in [-0.4, -0.2) is 31.7 Å². The Morgan fingerprint density at radius 2 is 1.82 bits per heavy atom. The van der Waals surface area contributed by atoms with Crippen LogP contribution in [0.5, 0.6) is 0 Å². The number of hydrogen-bond donors (Lipinski definition) is 1. The molecule has 2 aromatic rings. The van der Waals surface area contributed by atoms with E-state index in [2.05, 4.69) is 11.4 Å². The van der Waals surface area contributed by atoms with Gasteiger partial charge in [0, 0.05) is 18.7 Å². The predicted octanol–water partition coefficient (Wildman–Crippen LogP) is 3.93. The van der Waals surface area contributed by atoms with Gasteiger partial charge in [-0.15, -0.1) is 0 Å².